The number of hydrogen-bond donors (Lipinski definition) is 3. The van der Waals surface area contributed by atoms with E-state index in [1.165, 1.54) is 0 Å². The standard InChI is InChI=1S/C4H11NO.2ClH.H3NO/c1-2-3-4-6-5;;;1-2/h2-5H2,1H3;2*1H;2H,1H2. The molecule has 0 aromatic carbocycles. The van der Waals surface area contributed by atoms with Gasteiger partial charge in [-0.15, -0.1) is 24.8 Å². The van der Waals surface area contributed by atoms with Crippen LogP contribution in [0.3, 0.4) is 0 Å². The van der Waals surface area contributed by atoms with Crippen LogP contribution < -0.4 is 11.8 Å². The van der Waals surface area contributed by atoms with Gasteiger partial charge < -0.3 is 10.0 Å². The van der Waals surface area contributed by atoms with Crippen molar-refractivity contribution in [1.82, 2.24) is 0 Å². The zero-order valence-electron chi connectivity index (χ0n) is 5.95. The predicted octanol–water partition coefficient (Wildman–Crippen LogP) is 0.855. The van der Waals surface area contributed by atoms with Crippen LogP contribution in [0.4, 0.5) is 0 Å². The van der Waals surface area contributed by atoms with Gasteiger partial charge in [0.05, 0.1) is 6.61 Å². The third kappa shape index (κ3) is 39.6. The van der Waals surface area contributed by atoms with E-state index >= 15 is 0 Å². The highest BCUT2D eigenvalue weighted by molar-refractivity contribution is 5.85. The molecule has 0 aromatic heterocycles. The van der Waals surface area contributed by atoms with Gasteiger partial charge in [-0.2, -0.15) is 0 Å². The minimum atomic E-state index is 0. The van der Waals surface area contributed by atoms with E-state index in [9.17, 15) is 0 Å². The topological polar surface area (TPSA) is 81.5 Å². The maximum Gasteiger partial charge on any atom is 0.0679 e. The van der Waals surface area contributed by atoms with Crippen molar-refractivity contribution < 1.29 is 10.0 Å². The molecule has 0 saturated heterocycles. The SMILES string of the molecule is CCCCON.Cl.Cl.NO. The maximum absolute atomic E-state index is 6.50. The van der Waals surface area contributed by atoms with E-state index in [1.807, 2.05) is 0 Å². The summed E-state index contributed by atoms with van der Waals surface area (Å²) in [6, 6.07) is 0. The molecular formula is C4H16Cl2N2O2. The molecule has 0 bridgehead atoms. The minimum absolute atomic E-state index is 0. The van der Waals surface area contributed by atoms with Crippen LogP contribution in [0.25, 0.3) is 0 Å². The van der Waals surface area contributed by atoms with Gasteiger partial charge in [0.25, 0.3) is 0 Å². The summed E-state index contributed by atoms with van der Waals surface area (Å²) in [6.45, 7) is 2.79. The Morgan fingerprint density at radius 3 is 1.80 bits per heavy atom. The van der Waals surface area contributed by atoms with Crippen molar-refractivity contribution in [1.29, 1.82) is 0 Å². The fraction of sp³-hybridized carbons (Fsp3) is 1.00. The Labute approximate surface area is 73.6 Å². The van der Waals surface area contributed by atoms with E-state index < -0.39 is 0 Å². The lowest BCUT2D eigenvalue weighted by Gasteiger charge is -1.88. The molecule has 0 radical (unpaired) electrons. The molecule has 0 unspecified atom stereocenters. The average Bonchev–Trinajstić information content (AvgIpc) is 1.88. The monoisotopic (exact) mass is 194 g/mol. The first-order valence-corrected chi connectivity index (χ1v) is 2.49. The summed E-state index contributed by atoms with van der Waals surface area (Å²) in [5, 5.41) is 6.50. The summed E-state index contributed by atoms with van der Waals surface area (Å²) in [5.74, 6) is 8.21. The molecule has 10 heavy (non-hydrogen) atoms. The van der Waals surface area contributed by atoms with Crippen molar-refractivity contribution in [2.45, 2.75) is 19.8 Å². The summed E-state index contributed by atoms with van der Waals surface area (Å²) in [6.07, 6.45) is 2.22. The highest BCUT2D eigenvalue weighted by Gasteiger charge is 1.75. The lowest BCUT2D eigenvalue weighted by molar-refractivity contribution is 0.135. The van der Waals surface area contributed by atoms with Crippen LogP contribution in [0.15, 0.2) is 0 Å². The molecule has 68 valence electrons. The Morgan fingerprint density at radius 2 is 1.70 bits per heavy atom. The molecule has 4 nitrogen and oxygen atoms in total. The summed E-state index contributed by atoms with van der Waals surface area (Å²) >= 11 is 0. The molecule has 0 fully saturated rings. The Bertz CT molecular complexity index is 31.2. The molecule has 0 amide bonds. The molecular weight excluding hydrogens is 179 g/mol. The third-order valence-corrected chi connectivity index (χ3v) is 0.616. The lowest BCUT2D eigenvalue weighted by Crippen LogP contribution is -1.99. The summed E-state index contributed by atoms with van der Waals surface area (Å²) in [7, 11) is 0. The van der Waals surface area contributed by atoms with E-state index in [0.717, 1.165) is 12.8 Å². The van der Waals surface area contributed by atoms with Gasteiger partial charge >= 0.3 is 0 Å². The Hall–Kier alpha value is 0.420. The van der Waals surface area contributed by atoms with Gasteiger partial charge in [0.1, 0.15) is 0 Å². The first-order valence-electron chi connectivity index (χ1n) is 2.49. The number of rotatable bonds is 3. The van der Waals surface area contributed by atoms with Gasteiger partial charge in [-0.05, 0) is 6.42 Å². The van der Waals surface area contributed by atoms with Crippen molar-refractivity contribution in [2.24, 2.45) is 11.8 Å². The zero-order valence-corrected chi connectivity index (χ0v) is 7.58. The first kappa shape index (κ1) is 22.4. The molecule has 6 heteroatoms. The highest BCUT2D eigenvalue weighted by Crippen LogP contribution is 1.82. The molecule has 0 aromatic rings. The molecule has 0 aliphatic rings. The fourth-order valence-electron chi connectivity index (χ4n) is 0.228. The van der Waals surface area contributed by atoms with Gasteiger partial charge in [-0.25, -0.2) is 11.8 Å². The number of hydrogen-bond acceptors (Lipinski definition) is 4. The predicted molar refractivity (Wildman–Crippen MR) is 45.5 cm³/mol. The quantitative estimate of drug-likeness (QED) is 0.460. The van der Waals surface area contributed by atoms with Crippen LogP contribution in [0, 0.1) is 0 Å². The van der Waals surface area contributed by atoms with Gasteiger partial charge in [-0.1, -0.05) is 13.3 Å². The lowest BCUT2D eigenvalue weighted by atomic mass is 10.4. The molecule has 0 atom stereocenters. The normalized spacial score (nSPS) is 6.00. The Morgan fingerprint density at radius 1 is 1.30 bits per heavy atom. The molecule has 0 heterocycles. The van der Waals surface area contributed by atoms with Crippen LogP contribution in [-0.4, -0.2) is 11.8 Å². The first-order chi connectivity index (χ1) is 3.91. The smallest absolute Gasteiger partial charge is 0.0679 e. The van der Waals surface area contributed by atoms with Gasteiger partial charge in [-0.3, -0.25) is 0 Å². The second kappa shape index (κ2) is 34.2. The largest absolute Gasteiger partial charge is 0.320 e. The molecule has 5 N–H and O–H groups in total. The highest BCUT2D eigenvalue weighted by atomic mass is 35.5. The van der Waals surface area contributed by atoms with Gasteiger partial charge in [0, 0.05) is 0 Å². The van der Waals surface area contributed by atoms with E-state index in [-0.39, 0.29) is 24.8 Å². The molecule has 0 saturated carbocycles. The van der Waals surface area contributed by atoms with Crippen molar-refractivity contribution in [3.05, 3.63) is 0 Å². The maximum atomic E-state index is 6.50. The minimum Gasteiger partial charge on any atom is -0.320 e. The Kier molecular flexibility index (Phi) is 76.7. The molecule has 0 spiro atoms. The van der Waals surface area contributed by atoms with Crippen molar-refractivity contribution in [3.8, 4) is 0 Å². The van der Waals surface area contributed by atoms with Crippen LogP contribution in [0.1, 0.15) is 19.8 Å². The summed E-state index contributed by atoms with van der Waals surface area (Å²) < 4.78 is 0. The molecule has 0 aliphatic carbocycles. The number of unbranched alkanes of at least 4 members (excludes halogenated alkanes) is 1. The van der Waals surface area contributed by atoms with Crippen molar-refractivity contribution in [3.63, 3.8) is 0 Å². The van der Waals surface area contributed by atoms with E-state index in [2.05, 4.69) is 17.7 Å². The zero-order chi connectivity index (χ0) is 6.83. The van der Waals surface area contributed by atoms with Gasteiger partial charge in [0.2, 0.25) is 0 Å². The van der Waals surface area contributed by atoms with E-state index in [1.54, 1.807) is 0 Å². The van der Waals surface area contributed by atoms with Crippen LogP contribution in [0.2, 0.25) is 0 Å². The molecule has 0 rings (SSSR count). The van der Waals surface area contributed by atoms with E-state index in [0.29, 0.717) is 6.61 Å². The third-order valence-electron chi connectivity index (χ3n) is 0.616. The summed E-state index contributed by atoms with van der Waals surface area (Å²) in [5.41, 5.74) is 0. The summed E-state index contributed by atoms with van der Waals surface area (Å²) in [4.78, 5) is 4.28. The second-order valence-electron chi connectivity index (χ2n) is 1.22. The van der Waals surface area contributed by atoms with Crippen LogP contribution in [0.5, 0.6) is 0 Å². The Balaban J connectivity index is -0.0000000412. The second-order valence-corrected chi connectivity index (χ2v) is 1.22. The van der Waals surface area contributed by atoms with Gasteiger partial charge in [0.15, 0.2) is 0 Å². The molecule has 0 aliphatic heterocycles. The van der Waals surface area contributed by atoms with Crippen molar-refractivity contribution >= 4 is 24.8 Å². The fourth-order valence-corrected chi connectivity index (χ4v) is 0.228. The average molecular weight is 195 g/mol. The van der Waals surface area contributed by atoms with E-state index in [4.69, 9.17) is 11.1 Å². The van der Waals surface area contributed by atoms with Crippen molar-refractivity contribution in [2.75, 3.05) is 6.61 Å². The van der Waals surface area contributed by atoms with Crippen LogP contribution >= 0.6 is 24.8 Å². The number of nitrogens with two attached hydrogens (primary N) is 2. The van der Waals surface area contributed by atoms with Crippen LogP contribution in [-0.2, 0) is 4.84 Å². The number of halogens is 2.